The van der Waals surface area contributed by atoms with E-state index in [-0.39, 0.29) is 0 Å². The number of rotatable bonds is 11. The van der Waals surface area contributed by atoms with Gasteiger partial charge in [-0.25, -0.2) is 0 Å². The van der Waals surface area contributed by atoms with Gasteiger partial charge in [0, 0.05) is 6.42 Å². The van der Waals surface area contributed by atoms with Gasteiger partial charge in [0.1, 0.15) is 6.29 Å². The van der Waals surface area contributed by atoms with Gasteiger partial charge in [-0.1, -0.05) is 96.8 Å². The predicted molar refractivity (Wildman–Crippen MR) is 125 cm³/mol. The molecule has 3 saturated carbocycles. The lowest BCUT2D eigenvalue weighted by Crippen LogP contribution is -2.25. The van der Waals surface area contributed by atoms with Crippen molar-refractivity contribution in [3.63, 3.8) is 0 Å². The highest BCUT2D eigenvalue weighted by molar-refractivity contribution is 5.49. The molecule has 0 N–H and O–H groups in total. The number of carbonyl (C=O) groups is 1. The summed E-state index contributed by atoms with van der Waals surface area (Å²) in [6.07, 6.45) is 29.9. The van der Waals surface area contributed by atoms with Gasteiger partial charge in [-0.15, -0.1) is 0 Å². The highest BCUT2D eigenvalue weighted by Crippen LogP contribution is 2.43. The average molecular weight is 403 g/mol. The maximum Gasteiger partial charge on any atom is 0.120 e. The maximum absolute atomic E-state index is 10.5. The van der Waals surface area contributed by atoms with Crippen LogP contribution in [0.5, 0.6) is 0 Å². The summed E-state index contributed by atoms with van der Waals surface area (Å²) in [4.78, 5) is 10.5. The summed E-state index contributed by atoms with van der Waals surface area (Å²) in [5, 5.41) is 0. The molecule has 1 nitrogen and oxygen atoms in total. The minimum Gasteiger partial charge on any atom is -0.303 e. The lowest BCUT2D eigenvalue weighted by atomic mass is 9.68. The first kappa shape index (κ1) is 23.3. The Morgan fingerprint density at radius 1 is 0.552 bits per heavy atom. The average Bonchev–Trinajstić information content (AvgIpc) is 2.77. The van der Waals surface area contributed by atoms with Crippen molar-refractivity contribution in [2.45, 2.75) is 135 Å². The van der Waals surface area contributed by atoms with Crippen molar-refractivity contribution >= 4 is 6.29 Å². The monoisotopic (exact) mass is 402 g/mol. The quantitative estimate of drug-likeness (QED) is 0.249. The molecule has 3 fully saturated rings. The number of unbranched alkanes of at least 4 members (excludes halogenated alkanes) is 1. The summed E-state index contributed by atoms with van der Waals surface area (Å²) < 4.78 is 0. The van der Waals surface area contributed by atoms with E-state index in [0.717, 1.165) is 54.6 Å². The number of hydrogen-bond acceptors (Lipinski definition) is 1. The van der Waals surface area contributed by atoms with Crippen molar-refractivity contribution in [1.82, 2.24) is 0 Å². The van der Waals surface area contributed by atoms with Crippen LogP contribution in [0.15, 0.2) is 0 Å². The van der Waals surface area contributed by atoms with Crippen LogP contribution in [0.1, 0.15) is 135 Å². The first-order chi connectivity index (χ1) is 14.3. The van der Waals surface area contributed by atoms with Crippen LogP contribution in [0.4, 0.5) is 0 Å². The van der Waals surface area contributed by atoms with Crippen molar-refractivity contribution in [2.24, 2.45) is 35.5 Å². The molecule has 3 aliphatic carbocycles. The van der Waals surface area contributed by atoms with E-state index < -0.39 is 0 Å². The second-order valence-corrected chi connectivity index (χ2v) is 11.3. The van der Waals surface area contributed by atoms with Gasteiger partial charge in [0.25, 0.3) is 0 Å². The van der Waals surface area contributed by atoms with Gasteiger partial charge < -0.3 is 4.79 Å². The topological polar surface area (TPSA) is 17.1 Å². The van der Waals surface area contributed by atoms with Crippen LogP contribution in [-0.4, -0.2) is 6.29 Å². The Bertz CT molecular complexity index is 420. The zero-order valence-corrected chi connectivity index (χ0v) is 19.6. The lowest BCUT2D eigenvalue weighted by molar-refractivity contribution is -0.108. The fourth-order valence-corrected chi connectivity index (χ4v) is 7.28. The van der Waals surface area contributed by atoms with Gasteiger partial charge >= 0.3 is 0 Å². The van der Waals surface area contributed by atoms with Crippen molar-refractivity contribution in [3.05, 3.63) is 0 Å². The standard InChI is InChI=1S/C28H50O/c1-2-6-23-14-18-27(19-15-23)28-20-16-25(17-21-28)8-4-3-7-24-10-12-26(13-11-24)9-5-22-29/h22-28H,2-21H2,1H3/t23-,24?,25?,26?,27-,28?. The summed E-state index contributed by atoms with van der Waals surface area (Å²) in [7, 11) is 0. The van der Waals surface area contributed by atoms with Crippen LogP contribution in [0.2, 0.25) is 0 Å². The molecule has 0 saturated heterocycles. The summed E-state index contributed by atoms with van der Waals surface area (Å²) in [6.45, 7) is 2.36. The molecule has 0 aromatic rings. The van der Waals surface area contributed by atoms with E-state index in [1.807, 2.05) is 0 Å². The van der Waals surface area contributed by atoms with Crippen LogP contribution >= 0.6 is 0 Å². The Labute approximate surface area is 182 Å². The Balaban J connectivity index is 1.20. The normalized spacial score (nSPS) is 36.0. The smallest absolute Gasteiger partial charge is 0.120 e. The molecule has 0 aromatic carbocycles. The lowest BCUT2D eigenvalue weighted by Gasteiger charge is -2.38. The van der Waals surface area contributed by atoms with Gasteiger partial charge in [-0.2, -0.15) is 0 Å². The van der Waals surface area contributed by atoms with E-state index in [0.29, 0.717) is 0 Å². The van der Waals surface area contributed by atoms with E-state index >= 15 is 0 Å². The molecule has 29 heavy (non-hydrogen) atoms. The summed E-state index contributed by atoms with van der Waals surface area (Å²) in [6, 6.07) is 0. The molecule has 1 heteroatoms. The van der Waals surface area contributed by atoms with Gasteiger partial charge in [0.2, 0.25) is 0 Å². The van der Waals surface area contributed by atoms with E-state index in [1.165, 1.54) is 77.0 Å². The third kappa shape index (κ3) is 8.02. The first-order valence-corrected chi connectivity index (χ1v) is 13.7. The van der Waals surface area contributed by atoms with Gasteiger partial charge in [0.15, 0.2) is 0 Å². The second-order valence-electron chi connectivity index (χ2n) is 11.3. The minimum absolute atomic E-state index is 0.789. The number of hydrogen-bond donors (Lipinski definition) is 0. The first-order valence-electron chi connectivity index (χ1n) is 13.7. The van der Waals surface area contributed by atoms with Crippen LogP contribution < -0.4 is 0 Å². The second kappa shape index (κ2) is 13.2. The summed E-state index contributed by atoms with van der Waals surface area (Å²) in [5.41, 5.74) is 0. The molecule has 0 aliphatic heterocycles. The number of carbonyl (C=O) groups excluding carboxylic acids is 1. The van der Waals surface area contributed by atoms with Crippen LogP contribution in [0, 0.1) is 35.5 Å². The molecule has 0 spiro atoms. The van der Waals surface area contributed by atoms with Crippen molar-refractivity contribution in [2.75, 3.05) is 0 Å². The summed E-state index contributed by atoms with van der Waals surface area (Å²) >= 11 is 0. The van der Waals surface area contributed by atoms with Crippen LogP contribution in [0.25, 0.3) is 0 Å². The molecular formula is C28H50O. The minimum atomic E-state index is 0.789. The third-order valence-corrected chi connectivity index (χ3v) is 9.28. The molecule has 0 heterocycles. The number of aldehydes is 1. The van der Waals surface area contributed by atoms with Crippen LogP contribution in [-0.2, 0) is 4.79 Å². The highest BCUT2D eigenvalue weighted by Gasteiger charge is 2.30. The van der Waals surface area contributed by atoms with Gasteiger partial charge in [-0.3, -0.25) is 0 Å². The predicted octanol–water partition coefficient (Wildman–Crippen LogP) is 8.75. The van der Waals surface area contributed by atoms with Crippen molar-refractivity contribution in [3.8, 4) is 0 Å². The molecule has 0 amide bonds. The SMILES string of the molecule is CCC[C@H]1CC[C@H](C2CCC(CCCCC3CCC(CCC=O)CC3)CC2)CC1. The highest BCUT2D eigenvalue weighted by atomic mass is 16.1. The Hall–Kier alpha value is -0.330. The van der Waals surface area contributed by atoms with Gasteiger partial charge in [0.05, 0.1) is 0 Å². The molecule has 0 aromatic heterocycles. The molecule has 0 radical (unpaired) electrons. The zero-order valence-electron chi connectivity index (χ0n) is 19.6. The summed E-state index contributed by atoms with van der Waals surface area (Å²) in [5.74, 6) is 6.16. The molecule has 3 aliphatic rings. The van der Waals surface area contributed by atoms with E-state index in [9.17, 15) is 4.79 Å². The van der Waals surface area contributed by atoms with Crippen molar-refractivity contribution in [1.29, 1.82) is 0 Å². The largest absolute Gasteiger partial charge is 0.303 e. The molecule has 0 atom stereocenters. The molecule has 0 bridgehead atoms. The Morgan fingerprint density at radius 3 is 1.34 bits per heavy atom. The molecular weight excluding hydrogens is 352 g/mol. The fraction of sp³-hybridized carbons (Fsp3) is 0.964. The van der Waals surface area contributed by atoms with E-state index in [4.69, 9.17) is 0 Å². The molecule has 0 unspecified atom stereocenters. The Kier molecular flexibility index (Phi) is 10.6. The van der Waals surface area contributed by atoms with E-state index in [2.05, 4.69) is 6.92 Å². The van der Waals surface area contributed by atoms with E-state index in [1.54, 1.807) is 38.5 Å². The Morgan fingerprint density at radius 2 is 0.931 bits per heavy atom. The van der Waals surface area contributed by atoms with Crippen molar-refractivity contribution < 1.29 is 4.79 Å². The third-order valence-electron chi connectivity index (χ3n) is 9.28. The van der Waals surface area contributed by atoms with Gasteiger partial charge in [-0.05, 0) is 67.6 Å². The maximum atomic E-state index is 10.5. The zero-order chi connectivity index (χ0) is 20.3. The molecule has 3 rings (SSSR count). The molecule has 168 valence electrons. The van der Waals surface area contributed by atoms with Crippen LogP contribution in [0.3, 0.4) is 0 Å². The fourth-order valence-electron chi connectivity index (χ4n) is 7.28.